The second-order valence-corrected chi connectivity index (χ2v) is 7.88. The fourth-order valence-electron chi connectivity index (χ4n) is 5.13. The molecule has 3 aliphatic rings. The molecule has 1 heteroatoms. The molecule has 134 valence electrons. The maximum absolute atomic E-state index is 3.68. The zero-order valence-electron chi connectivity index (χ0n) is 15.8. The first-order chi connectivity index (χ1) is 13.8. The Morgan fingerprint density at radius 2 is 1.54 bits per heavy atom. The van der Waals surface area contributed by atoms with Crippen molar-refractivity contribution in [3.8, 4) is 11.1 Å². The quantitative estimate of drug-likeness (QED) is 0.403. The van der Waals surface area contributed by atoms with Crippen molar-refractivity contribution in [2.45, 2.75) is 12.8 Å². The highest BCUT2D eigenvalue weighted by atomic mass is 14.9. The number of hydrogen-bond acceptors (Lipinski definition) is 1. The maximum atomic E-state index is 3.68. The molecule has 6 rings (SSSR count). The summed E-state index contributed by atoms with van der Waals surface area (Å²) in [7, 11) is 0. The van der Waals surface area contributed by atoms with Gasteiger partial charge >= 0.3 is 0 Å². The number of fused-ring (bicyclic) bond motifs is 4. The Balaban J connectivity index is 1.65. The van der Waals surface area contributed by atoms with Gasteiger partial charge in [0.15, 0.2) is 0 Å². The molecular weight excluding hydrogens is 338 g/mol. The lowest BCUT2D eigenvalue weighted by Gasteiger charge is -2.33. The highest BCUT2D eigenvalue weighted by molar-refractivity contribution is 6.08. The van der Waals surface area contributed by atoms with Crippen LogP contribution in [-0.4, -0.2) is 0 Å². The van der Waals surface area contributed by atoms with E-state index in [1.807, 2.05) is 0 Å². The molecule has 0 bridgehead atoms. The van der Waals surface area contributed by atoms with E-state index in [-0.39, 0.29) is 0 Å². The molecule has 3 aromatic rings. The number of hydrogen-bond donors (Lipinski definition) is 1. The summed E-state index contributed by atoms with van der Waals surface area (Å²) < 4.78 is 0. The summed E-state index contributed by atoms with van der Waals surface area (Å²) in [4.78, 5) is 0. The Labute approximate surface area is 165 Å². The minimum Gasteiger partial charge on any atom is -0.355 e. The van der Waals surface area contributed by atoms with E-state index in [2.05, 4.69) is 103 Å². The first-order valence-corrected chi connectivity index (χ1v) is 10.0. The number of allylic oxidation sites excluding steroid dienone is 5. The predicted octanol–water partition coefficient (Wildman–Crippen LogP) is 7.07. The SMILES string of the molecule is CC1c2cccc3c2C(=C2C=CC=CC21)c1c(Nc2ccccc2)cccc1-3. The highest BCUT2D eigenvalue weighted by Crippen LogP contribution is 2.57. The Morgan fingerprint density at radius 3 is 2.39 bits per heavy atom. The summed E-state index contributed by atoms with van der Waals surface area (Å²) in [5.41, 5.74) is 12.2. The lowest BCUT2D eigenvalue weighted by atomic mass is 9.70. The summed E-state index contributed by atoms with van der Waals surface area (Å²) in [6.07, 6.45) is 9.08. The van der Waals surface area contributed by atoms with Crippen LogP contribution in [0.15, 0.2) is 96.6 Å². The van der Waals surface area contributed by atoms with Gasteiger partial charge in [-0.25, -0.2) is 0 Å². The van der Waals surface area contributed by atoms with Crippen LogP contribution < -0.4 is 5.32 Å². The van der Waals surface area contributed by atoms with E-state index < -0.39 is 0 Å². The maximum Gasteiger partial charge on any atom is 0.0470 e. The topological polar surface area (TPSA) is 12.0 Å². The van der Waals surface area contributed by atoms with Crippen LogP contribution in [-0.2, 0) is 0 Å². The van der Waals surface area contributed by atoms with Gasteiger partial charge in [0.05, 0.1) is 0 Å². The fraction of sp³-hybridized carbons (Fsp3) is 0.111. The van der Waals surface area contributed by atoms with Crippen LogP contribution in [0.2, 0.25) is 0 Å². The monoisotopic (exact) mass is 359 g/mol. The zero-order chi connectivity index (χ0) is 18.7. The van der Waals surface area contributed by atoms with Gasteiger partial charge in [0.1, 0.15) is 0 Å². The Morgan fingerprint density at radius 1 is 0.750 bits per heavy atom. The third-order valence-corrected chi connectivity index (χ3v) is 6.39. The minimum atomic E-state index is 0.443. The van der Waals surface area contributed by atoms with Gasteiger partial charge in [-0.1, -0.05) is 79.8 Å². The van der Waals surface area contributed by atoms with E-state index in [4.69, 9.17) is 0 Å². The third-order valence-electron chi connectivity index (χ3n) is 6.39. The van der Waals surface area contributed by atoms with Gasteiger partial charge in [-0.3, -0.25) is 0 Å². The van der Waals surface area contributed by atoms with Crippen molar-refractivity contribution in [1.29, 1.82) is 0 Å². The molecule has 3 aromatic carbocycles. The lowest BCUT2D eigenvalue weighted by Crippen LogP contribution is -2.18. The van der Waals surface area contributed by atoms with Crippen LogP contribution in [0.25, 0.3) is 16.7 Å². The fourth-order valence-corrected chi connectivity index (χ4v) is 5.13. The second-order valence-electron chi connectivity index (χ2n) is 7.88. The summed E-state index contributed by atoms with van der Waals surface area (Å²) in [6.45, 7) is 2.37. The molecule has 0 heterocycles. The van der Waals surface area contributed by atoms with Gasteiger partial charge in [-0.15, -0.1) is 0 Å². The van der Waals surface area contributed by atoms with E-state index in [0.717, 1.165) is 5.69 Å². The average molecular weight is 359 g/mol. The Kier molecular flexibility index (Phi) is 3.28. The third kappa shape index (κ3) is 2.07. The van der Waals surface area contributed by atoms with Crippen molar-refractivity contribution in [3.05, 3.63) is 113 Å². The van der Waals surface area contributed by atoms with Crippen LogP contribution in [0.4, 0.5) is 11.4 Å². The van der Waals surface area contributed by atoms with Gasteiger partial charge in [0, 0.05) is 22.9 Å². The minimum absolute atomic E-state index is 0.443. The van der Waals surface area contributed by atoms with E-state index in [1.165, 1.54) is 44.7 Å². The normalized spacial score (nSPS) is 20.6. The molecule has 0 amide bonds. The largest absolute Gasteiger partial charge is 0.355 e. The van der Waals surface area contributed by atoms with Crippen molar-refractivity contribution in [1.82, 2.24) is 0 Å². The van der Waals surface area contributed by atoms with Gasteiger partial charge in [0.25, 0.3) is 0 Å². The summed E-state index contributed by atoms with van der Waals surface area (Å²) in [5, 5.41) is 3.68. The first kappa shape index (κ1) is 15.7. The molecule has 0 fully saturated rings. The van der Waals surface area contributed by atoms with E-state index in [1.54, 1.807) is 0 Å². The number of rotatable bonds is 2. The molecule has 0 spiro atoms. The molecule has 1 nitrogen and oxygen atoms in total. The highest BCUT2D eigenvalue weighted by Gasteiger charge is 2.38. The molecule has 2 atom stereocenters. The molecular formula is C27H21N. The van der Waals surface area contributed by atoms with Crippen molar-refractivity contribution in [2.24, 2.45) is 5.92 Å². The Hall–Kier alpha value is -3.32. The van der Waals surface area contributed by atoms with Gasteiger partial charge in [-0.2, -0.15) is 0 Å². The molecule has 3 aliphatic carbocycles. The molecule has 2 unspecified atom stereocenters. The molecule has 28 heavy (non-hydrogen) atoms. The Bertz CT molecular complexity index is 1190. The molecule has 0 saturated carbocycles. The number of para-hydroxylation sites is 1. The van der Waals surface area contributed by atoms with Crippen molar-refractivity contribution in [3.63, 3.8) is 0 Å². The van der Waals surface area contributed by atoms with Crippen LogP contribution in [0.3, 0.4) is 0 Å². The smallest absolute Gasteiger partial charge is 0.0470 e. The number of benzene rings is 3. The summed E-state index contributed by atoms with van der Waals surface area (Å²) in [6, 6.07) is 23.9. The van der Waals surface area contributed by atoms with Crippen molar-refractivity contribution >= 4 is 16.9 Å². The molecule has 0 aliphatic heterocycles. The standard InChI is InChI=1S/C27H21N/c1-17-19-11-5-6-12-21(19)27-25-20(17)13-7-14-22(25)23-15-8-16-24(26(23)27)28-18-9-3-2-4-10-18/h2-17,19,28H,1H3. The van der Waals surface area contributed by atoms with E-state index >= 15 is 0 Å². The van der Waals surface area contributed by atoms with Crippen molar-refractivity contribution in [2.75, 3.05) is 5.32 Å². The molecule has 0 saturated heterocycles. The van der Waals surface area contributed by atoms with Crippen LogP contribution in [0.5, 0.6) is 0 Å². The van der Waals surface area contributed by atoms with Crippen LogP contribution >= 0.6 is 0 Å². The molecule has 0 aromatic heterocycles. The summed E-state index contributed by atoms with van der Waals surface area (Å²) in [5.74, 6) is 0.938. The van der Waals surface area contributed by atoms with Gasteiger partial charge < -0.3 is 5.32 Å². The second kappa shape index (κ2) is 5.84. The average Bonchev–Trinajstić information content (AvgIpc) is 3.09. The zero-order valence-corrected chi connectivity index (χ0v) is 15.8. The molecule has 1 N–H and O–H groups in total. The van der Waals surface area contributed by atoms with Gasteiger partial charge in [0.2, 0.25) is 0 Å². The van der Waals surface area contributed by atoms with Gasteiger partial charge in [-0.05, 0) is 57.5 Å². The van der Waals surface area contributed by atoms with E-state index in [0.29, 0.717) is 11.8 Å². The van der Waals surface area contributed by atoms with Crippen LogP contribution in [0.1, 0.15) is 29.5 Å². The molecule has 0 radical (unpaired) electrons. The summed E-state index contributed by atoms with van der Waals surface area (Å²) >= 11 is 0. The predicted molar refractivity (Wildman–Crippen MR) is 118 cm³/mol. The van der Waals surface area contributed by atoms with Crippen molar-refractivity contribution < 1.29 is 0 Å². The number of anilines is 2. The lowest BCUT2D eigenvalue weighted by molar-refractivity contribution is 0.615. The number of nitrogens with one attached hydrogen (secondary N) is 1. The first-order valence-electron chi connectivity index (χ1n) is 10.0. The van der Waals surface area contributed by atoms with Crippen LogP contribution in [0, 0.1) is 5.92 Å². The van der Waals surface area contributed by atoms with E-state index in [9.17, 15) is 0 Å².